The Hall–Kier alpha value is -0.251. The maximum absolute atomic E-state index is 8.44. The van der Waals surface area contributed by atoms with Crippen molar-refractivity contribution in [2.24, 2.45) is 0 Å². The van der Waals surface area contributed by atoms with Crippen LogP contribution in [0.2, 0.25) is 0 Å². The largest absolute Gasteiger partial charge is 2.00 e. The van der Waals surface area contributed by atoms with Crippen molar-refractivity contribution < 1.29 is 32.1 Å². The van der Waals surface area contributed by atoms with Crippen LogP contribution < -0.4 is 5.11 Å². The molecule has 41 valence electrons. The van der Waals surface area contributed by atoms with E-state index in [-0.39, 0.29) is 23.2 Å². The monoisotopic (exact) mass is 140 g/mol. The molecule has 0 amide bonds. The Kier molecular flexibility index (Phi) is 25.3. The molecule has 0 unspecified atom stereocenters. The first-order valence-electron chi connectivity index (χ1n) is 0.632. The number of nitrogens with two attached hydrogens (primary N) is 1. The Labute approximate surface area is 45.2 Å². The van der Waals surface area contributed by atoms with E-state index in [4.69, 9.17) is 15.0 Å². The Morgan fingerprint density at radius 3 is 1.67 bits per heavy atom. The van der Waals surface area contributed by atoms with Crippen molar-refractivity contribution in [3.8, 4) is 0 Å². The second-order valence-corrected chi connectivity index (χ2v) is 0.266. The van der Waals surface area contributed by atoms with Crippen LogP contribution in [0.5, 0.6) is 0 Å². The van der Waals surface area contributed by atoms with E-state index >= 15 is 0 Å². The van der Waals surface area contributed by atoms with Gasteiger partial charge < -0.3 is 21.2 Å². The molecule has 0 aliphatic carbocycles. The van der Waals surface area contributed by atoms with Gasteiger partial charge in [-0.3, -0.25) is 0 Å². The molecular formula is CH3CuNO3. The van der Waals surface area contributed by atoms with E-state index < -0.39 is 6.16 Å². The summed E-state index contributed by atoms with van der Waals surface area (Å²) >= 11 is 0. The third-order valence-corrected chi connectivity index (χ3v) is 0. The van der Waals surface area contributed by atoms with Crippen molar-refractivity contribution >= 4 is 6.16 Å². The van der Waals surface area contributed by atoms with Crippen molar-refractivity contribution in [1.29, 1.82) is 0 Å². The Morgan fingerprint density at radius 1 is 1.67 bits per heavy atom. The molecule has 0 aromatic carbocycles. The van der Waals surface area contributed by atoms with Crippen LogP contribution in [0.3, 0.4) is 0 Å². The van der Waals surface area contributed by atoms with Gasteiger partial charge in [-0.05, 0) is 0 Å². The van der Waals surface area contributed by atoms with Gasteiger partial charge in [0.2, 0.25) is 6.16 Å². The molecule has 0 aliphatic rings. The second-order valence-electron chi connectivity index (χ2n) is 0.266. The van der Waals surface area contributed by atoms with Crippen LogP contribution in [0.15, 0.2) is 0 Å². The quantitative estimate of drug-likeness (QED) is 0.464. The summed E-state index contributed by atoms with van der Waals surface area (Å²) in [7, 11) is 0. The van der Waals surface area contributed by atoms with Crippen molar-refractivity contribution in [2.75, 3.05) is 0 Å². The summed E-state index contributed by atoms with van der Waals surface area (Å²) < 4.78 is 0. The summed E-state index contributed by atoms with van der Waals surface area (Å²) in [5.74, 6) is 0. The molecule has 0 heterocycles. The molecule has 0 atom stereocenters. The van der Waals surface area contributed by atoms with Crippen LogP contribution >= 0.6 is 0 Å². The van der Waals surface area contributed by atoms with Gasteiger partial charge in [0.25, 0.3) is 0 Å². The minimum atomic E-state index is -2.08. The standard InChI is InChI=1S/CH2O3.Cu.H2N/c2-1(3)4;;/h(H2,2,3,4);;1H2/q;+2;-1/p-1. The van der Waals surface area contributed by atoms with Crippen LogP contribution in [0, 0.1) is 0 Å². The number of hydrogen-bond acceptors (Lipinski definition) is 2. The fourth-order valence-electron chi connectivity index (χ4n) is 0. The van der Waals surface area contributed by atoms with Crippen LogP contribution in [0.25, 0.3) is 6.15 Å². The topological polar surface area (TPSA) is 93.9 Å². The molecule has 6 heavy (non-hydrogen) atoms. The van der Waals surface area contributed by atoms with Gasteiger partial charge in [-0.15, -0.1) is 0 Å². The Morgan fingerprint density at radius 2 is 1.67 bits per heavy atom. The molecule has 0 fully saturated rings. The van der Waals surface area contributed by atoms with Crippen LogP contribution in [-0.2, 0) is 17.1 Å². The minimum Gasteiger partial charge on any atom is -0.693 e. The van der Waals surface area contributed by atoms with Crippen molar-refractivity contribution in [1.82, 2.24) is 0 Å². The molecule has 0 spiro atoms. The average Bonchev–Trinajstić information content (AvgIpc) is 0.811. The van der Waals surface area contributed by atoms with E-state index in [1.165, 1.54) is 0 Å². The normalized spacial score (nSPS) is 4.00. The van der Waals surface area contributed by atoms with Gasteiger partial charge in [0.15, 0.2) is 0 Å². The Bertz CT molecular complexity index is 33.8. The predicted octanol–water partition coefficient (Wildman–Crippen LogP) is -0.398. The zero-order valence-corrected chi connectivity index (χ0v) is 3.58. The molecule has 0 bridgehead atoms. The van der Waals surface area contributed by atoms with E-state index in [0.717, 1.165) is 0 Å². The molecule has 0 saturated heterocycles. The van der Waals surface area contributed by atoms with Crippen molar-refractivity contribution in [3.05, 3.63) is 6.15 Å². The van der Waals surface area contributed by atoms with E-state index in [1.54, 1.807) is 0 Å². The van der Waals surface area contributed by atoms with Crippen molar-refractivity contribution in [2.45, 2.75) is 0 Å². The van der Waals surface area contributed by atoms with Crippen LogP contribution in [0.1, 0.15) is 0 Å². The molecule has 0 saturated carbocycles. The van der Waals surface area contributed by atoms with Gasteiger partial charge in [0.1, 0.15) is 0 Å². The molecule has 0 aromatic rings. The summed E-state index contributed by atoms with van der Waals surface area (Å²) in [6.07, 6.45) is -2.08. The van der Waals surface area contributed by atoms with E-state index in [9.17, 15) is 0 Å². The van der Waals surface area contributed by atoms with Crippen LogP contribution in [0.4, 0.5) is 4.79 Å². The predicted molar refractivity (Wildman–Crippen MR) is 13.3 cm³/mol. The average molecular weight is 141 g/mol. The number of hydrogen-bond donors (Lipinski definition) is 1. The first-order chi connectivity index (χ1) is 1.73. The van der Waals surface area contributed by atoms with Gasteiger partial charge in [-0.2, -0.15) is 0 Å². The second kappa shape index (κ2) is 8.83. The first kappa shape index (κ1) is 17.2. The summed E-state index contributed by atoms with van der Waals surface area (Å²) in [5.41, 5.74) is 0. The number of rotatable bonds is 0. The van der Waals surface area contributed by atoms with E-state index in [1.807, 2.05) is 0 Å². The zero-order valence-electron chi connectivity index (χ0n) is 2.64. The first-order valence-corrected chi connectivity index (χ1v) is 0.632. The third kappa shape index (κ3) is 452. The van der Waals surface area contributed by atoms with Crippen molar-refractivity contribution in [3.63, 3.8) is 0 Å². The molecule has 3 N–H and O–H groups in total. The van der Waals surface area contributed by atoms with E-state index in [2.05, 4.69) is 0 Å². The van der Waals surface area contributed by atoms with Crippen LogP contribution in [-0.4, -0.2) is 11.3 Å². The van der Waals surface area contributed by atoms with Gasteiger partial charge in [-0.1, -0.05) is 0 Å². The van der Waals surface area contributed by atoms with Gasteiger partial charge in [0, 0.05) is 0 Å². The SMILES string of the molecule is O=C([O-])O.[Cu+2].[NH2-]. The fourth-order valence-corrected chi connectivity index (χ4v) is 0. The number of carboxylic acid groups (broad SMARTS) is 2. The zero-order chi connectivity index (χ0) is 3.58. The van der Waals surface area contributed by atoms with Gasteiger partial charge in [-0.25, -0.2) is 0 Å². The molecule has 0 aromatic heterocycles. The molecule has 1 radical (unpaired) electrons. The Balaban J connectivity index is -0.0000000450. The van der Waals surface area contributed by atoms with E-state index in [0.29, 0.717) is 0 Å². The summed E-state index contributed by atoms with van der Waals surface area (Å²) in [6, 6.07) is 0. The summed E-state index contributed by atoms with van der Waals surface area (Å²) in [4.78, 5) is 8.44. The molecule has 5 heteroatoms. The van der Waals surface area contributed by atoms with Gasteiger partial charge in [0.05, 0.1) is 0 Å². The molecule has 0 rings (SSSR count). The smallest absolute Gasteiger partial charge is 0.693 e. The molecular weight excluding hydrogens is 138 g/mol. The summed E-state index contributed by atoms with van der Waals surface area (Å²) in [6.45, 7) is 0. The maximum atomic E-state index is 8.44. The molecule has 4 nitrogen and oxygen atoms in total. The molecule has 0 aliphatic heterocycles. The fraction of sp³-hybridized carbons (Fsp3) is 0. The number of carbonyl (C=O) groups is 1. The third-order valence-electron chi connectivity index (χ3n) is 0. The summed E-state index contributed by atoms with van der Waals surface area (Å²) in [5, 5.41) is 15.3. The maximum Gasteiger partial charge on any atom is 2.00 e. The van der Waals surface area contributed by atoms with Gasteiger partial charge >= 0.3 is 17.1 Å². The minimum absolute atomic E-state index is 0.